The van der Waals surface area contributed by atoms with E-state index in [0.29, 0.717) is 17.4 Å². The van der Waals surface area contributed by atoms with Crippen LogP contribution in [-0.2, 0) is 17.8 Å². The van der Waals surface area contributed by atoms with Crippen LogP contribution >= 0.6 is 11.3 Å². The average molecular weight is 430 g/mol. The fourth-order valence-corrected chi connectivity index (χ4v) is 4.08. The second-order valence-electron chi connectivity index (χ2n) is 7.11. The number of hydrogen-bond acceptors (Lipinski definition) is 6. The number of aromatic nitrogens is 4. The first kappa shape index (κ1) is 19.2. The number of amides is 1. The van der Waals surface area contributed by atoms with Crippen LogP contribution < -0.4 is 10.1 Å². The van der Waals surface area contributed by atoms with Crippen molar-refractivity contribution in [1.29, 1.82) is 0 Å². The Balaban J connectivity index is 1.20. The summed E-state index contributed by atoms with van der Waals surface area (Å²) in [7, 11) is 0. The number of thiazole rings is 1. The molecule has 0 atom stereocenters. The minimum atomic E-state index is -0.263. The van der Waals surface area contributed by atoms with Gasteiger partial charge in [-0.15, -0.1) is 16.4 Å². The molecule has 0 fully saturated rings. The van der Waals surface area contributed by atoms with Crippen molar-refractivity contribution < 1.29 is 9.53 Å². The van der Waals surface area contributed by atoms with E-state index in [4.69, 9.17) is 4.74 Å². The Morgan fingerprint density at radius 2 is 2.13 bits per heavy atom. The van der Waals surface area contributed by atoms with Crippen molar-refractivity contribution in [3.8, 4) is 17.0 Å². The van der Waals surface area contributed by atoms with Crippen LogP contribution in [0.2, 0.25) is 0 Å². The van der Waals surface area contributed by atoms with Crippen LogP contribution in [0.15, 0.2) is 66.2 Å². The van der Waals surface area contributed by atoms with Crippen LogP contribution in [0.25, 0.3) is 17.3 Å². The molecule has 2 aromatic carbocycles. The van der Waals surface area contributed by atoms with Gasteiger partial charge in [0.2, 0.25) is 5.91 Å². The smallest absolute Gasteiger partial charge is 0.250 e. The standard InChI is InChI=1S/C23H19N5O2S/c29-22(9-7-19-14-28(27-26-19)13-16-4-2-1-3-5-16)25-23-24-20(15-31-23)17-6-8-21-18(12-17)10-11-30-21/h1-9,12,14-15H,10-11,13H2,(H,24,25,29)/b9-7+. The van der Waals surface area contributed by atoms with E-state index in [0.717, 1.165) is 35.6 Å². The molecule has 1 amide bonds. The van der Waals surface area contributed by atoms with E-state index in [1.165, 1.54) is 23.0 Å². The monoisotopic (exact) mass is 429 g/mol. The number of fused-ring (bicyclic) bond motifs is 1. The number of carbonyl (C=O) groups excluding carboxylic acids is 1. The van der Waals surface area contributed by atoms with Gasteiger partial charge in [-0.2, -0.15) is 0 Å². The Labute approximate surface area is 183 Å². The zero-order valence-electron chi connectivity index (χ0n) is 16.6. The molecule has 0 saturated heterocycles. The van der Waals surface area contributed by atoms with Crippen LogP contribution in [0.1, 0.15) is 16.8 Å². The van der Waals surface area contributed by atoms with E-state index in [1.807, 2.05) is 47.8 Å². The third kappa shape index (κ3) is 4.54. The van der Waals surface area contributed by atoms with E-state index in [1.54, 1.807) is 17.0 Å². The lowest BCUT2D eigenvalue weighted by Gasteiger charge is -2.01. The number of anilines is 1. The van der Waals surface area contributed by atoms with Crippen molar-refractivity contribution in [2.45, 2.75) is 13.0 Å². The van der Waals surface area contributed by atoms with Gasteiger partial charge in [-0.25, -0.2) is 9.67 Å². The number of nitrogens with zero attached hydrogens (tertiary/aromatic N) is 4. The normalized spacial score (nSPS) is 12.6. The molecule has 31 heavy (non-hydrogen) atoms. The third-order valence-corrected chi connectivity index (χ3v) is 5.63. The molecule has 5 rings (SSSR count). The molecule has 4 aromatic rings. The van der Waals surface area contributed by atoms with Crippen molar-refractivity contribution in [2.75, 3.05) is 11.9 Å². The first-order chi connectivity index (χ1) is 15.2. The molecule has 8 heteroatoms. The second-order valence-corrected chi connectivity index (χ2v) is 7.97. The lowest BCUT2D eigenvalue weighted by Crippen LogP contribution is -2.07. The maximum absolute atomic E-state index is 12.3. The quantitative estimate of drug-likeness (QED) is 0.468. The summed E-state index contributed by atoms with van der Waals surface area (Å²) in [4.78, 5) is 16.8. The molecule has 0 saturated carbocycles. The predicted molar refractivity (Wildman–Crippen MR) is 120 cm³/mol. The first-order valence-electron chi connectivity index (χ1n) is 9.88. The fourth-order valence-electron chi connectivity index (χ4n) is 3.36. The molecule has 154 valence electrons. The number of hydrogen-bond donors (Lipinski definition) is 1. The lowest BCUT2D eigenvalue weighted by molar-refractivity contribution is -0.111. The Morgan fingerprint density at radius 1 is 1.23 bits per heavy atom. The third-order valence-electron chi connectivity index (χ3n) is 4.87. The molecule has 0 aliphatic carbocycles. The van der Waals surface area contributed by atoms with E-state index in [9.17, 15) is 4.79 Å². The van der Waals surface area contributed by atoms with Gasteiger partial charge in [0.15, 0.2) is 5.13 Å². The highest BCUT2D eigenvalue weighted by Gasteiger charge is 2.14. The summed E-state index contributed by atoms with van der Waals surface area (Å²) in [6, 6.07) is 16.1. The molecule has 1 aliphatic heterocycles. The number of nitrogens with one attached hydrogen (secondary N) is 1. The fraction of sp³-hybridized carbons (Fsp3) is 0.130. The number of ether oxygens (including phenoxy) is 1. The lowest BCUT2D eigenvalue weighted by atomic mass is 10.1. The van der Waals surface area contributed by atoms with Gasteiger partial charge < -0.3 is 4.74 Å². The van der Waals surface area contributed by atoms with Gasteiger partial charge in [0.1, 0.15) is 11.4 Å². The second kappa shape index (κ2) is 8.53. The van der Waals surface area contributed by atoms with Crippen LogP contribution in [0, 0.1) is 0 Å². The SMILES string of the molecule is O=C(/C=C/c1cn(Cc2ccccc2)nn1)Nc1nc(-c2ccc3c(c2)CCO3)cs1. The minimum Gasteiger partial charge on any atom is -0.493 e. The minimum absolute atomic E-state index is 0.263. The number of rotatable bonds is 6. The summed E-state index contributed by atoms with van der Waals surface area (Å²) in [5, 5.41) is 13.5. The van der Waals surface area contributed by atoms with Crippen LogP contribution in [0.4, 0.5) is 5.13 Å². The molecule has 0 radical (unpaired) electrons. The van der Waals surface area contributed by atoms with Crippen LogP contribution in [0.5, 0.6) is 5.75 Å². The van der Waals surface area contributed by atoms with Gasteiger partial charge >= 0.3 is 0 Å². The van der Waals surface area contributed by atoms with E-state index >= 15 is 0 Å². The van der Waals surface area contributed by atoms with Crippen LogP contribution in [0.3, 0.4) is 0 Å². The number of carbonyl (C=O) groups is 1. The summed E-state index contributed by atoms with van der Waals surface area (Å²) in [6.07, 6.45) is 5.79. The molecular weight excluding hydrogens is 410 g/mol. The maximum Gasteiger partial charge on any atom is 0.250 e. The van der Waals surface area contributed by atoms with Crippen molar-refractivity contribution in [3.05, 3.63) is 83.0 Å². The summed E-state index contributed by atoms with van der Waals surface area (Å²) in [5.41, 5.74) is 4.80. The van der Waals surface area contributed by atoms with E-state index < -0.39 is 0 Å². The summed E-state index contributed by atoms with van der Waals surface area (Å²) in [6.45, 7) is 1.36. The van der Waals surface area contributed by atoms with Gasteiger partial charge in [-0.3, -0.25) is 10.1 Å². The highest BCUT2D eigenvalue weighted by atomic mass is 32.1. The summed E-state index contributed by atoms with van der Waals surface area (Å²) < 4.78 is 7.29. The summed E-state index contributed by atoms with van der Waals surface area (Å²) in [5.74, 6) is 0.680. The molecule has 3 heterocycles. The molecular formula is C23H19N5O2S. The maximum atomic E-state index is 12.3. The Morgan fingerprint density at radius 3 is 3.03 bits per heavy atom. The first-order valence-corrected chi connectivity index (χ1v) is 10.8. The predicted octanol–water partition coefficient (Wildman–Crippen LogP) is 4.04. The number of benzene rings is 2. The zero-order chi connectivity index (χ0) is 21.0. The van der Waals surface area contributed by atoms with Crippen LogP contribution in [-0.4, -0.2) is 32.5 Å². The molecule has 2 aromatic heterocycles. The Kier molecular flexibility index (Phi) is 5.28. The molecule has 1 N–H and O–H groups in total. The van der Waals surface area contributed by atoms with Gasteiger partial charge in [0.05, 0.1) is 25.0 Å². The Hall–Kier alpha value is -3.78. The highest BCUT2D eigenvalue weighted by molar-refractivity contribution is 7.14. The van der Waals surface area contributed by atoms with Gasteiger partial charge in [0.25, 0.3) is 0 Å². The average Bonchev–Trinajstić information content (AvgIpc) is 3.53. The van der Waals surface area contributed by atoms with Crippen molar-refractivity contribution in [3.63, 3.8) is 0 Å². The molecule has 0 unspecified atom stereocenters. The molecule has 7 nitrogen and oxygen atoms in total. The molecule has 1 aliphatic rings. The van der Waals surface area contributed by atoms with E-state index in [2.05, 4.69) is 26.7 Å². The zero-order valence-corrected chi connectivity index (χ0v) is 17.4. The molecule has 0 bridgehead atoms. The largest absolute Gasteiger partial charge is 0.493 e. The highest BCUT2D eigenvalue weighted by Crippen LogP contribution is 2.31. The van der Waals surface area contributed by atoms with Gasteiger partial charge in [0, 0.05) is 23.4 Å². The van der Waals surface area contributed by atoms with Crippen molar-refractivity contribution >= 4 is 28.5 Å². The topological polar surface area (TPSA) is 81.9 Å². The van der Waals surface area contributed by atoms with Crippen molar-refractivity contribution in [2.24, 2.45) is 0 Å². The van der Waals surface area contributed by atoms with E-state index in [-0.39, 0.29) is 5.91 Å². The summed E-state index contributed by atoms with van der Waals surface area (Å²) >= 11 is 1.39. The van der Waals surface area contributed by atoms with Gasteiger partial charge in [-0.05, 0) is 35.4 Å². The van der Waals surface area contributed by atoms with Crippen molar-refractivity contribution in [1.82, 2.24) is 20.0 Å². The Bertz CT molecular complexity index is 1250. The molecule has 0 spiro atoms. The van der Waals surface area contributed by atoms with Gasteiger partial charge in [-0.1, -0.05) is 35.5 Å².